The summed E-state index contributed by atoms with van der Waals surface area (Å²) in [7, 11) is 0. The van der Waals surface area contributed by atoms with Crippen molar-refractivity contribution in [2.24, 2.45) is 0 Å². The molecule has 0 aliphatic heterocycles. The number of hydrogen-bond donors (Lipinski definition) is 2. The second-order valence-electron chi connectivity index (χ2n) is 5.63. The average molecular weight is 353 g/mol. The Labute approximate surface area is 133 Å². The third-order valence-electron chi connectivity index (χ3n) is 3.76. The second-order valence-corrected chi connectivity index (χ2v) is 6.49. The summed E-state index contributed by atoms with van der Waals surface area (Å²) in [6.45, 7) is 3.85. The number of aliphatic hydroxyl groups is 2. The molecule has 0 atom stereocenters. The number of aromatic nitrogens is 2. The van der Waals surface area contributed by atoms with Crippen molar-refractivity contribution in [3.05, 3.63) is 52.3 Å². The van der Waals surface area contributed by atoms with Crippen LogP contribution >= 0.6 is 15.9 Å². The third kappa shape index (κ3) is 3.36. The summed E-state index contributed by atoms with van der Waals surface area (Å²) in [4.78, 5) is 0. The van der Waals surface area contributed by atoms with E-state index in [1.807, 2.05) is 41.2 Å². The summed E-state index contributed by atoms with van der Waals surface area (Å²) in [6.07, 6.45) is 2.42. The number of rotatable bonds is 6. The van der Waals surface area contributed by atoms with Gasteiger partial charge in [-0.15, -0.1) is 0 Å². The van der Waals surface area contributed by atoms with Crippen LogP contribution in [-0.2, 0) is 11.8 Å². The first-order chi connectivity index (χ1) is 10.0. The summed E-state index contributed by atoms with van der Waals surface area (Å²) in [6, 6.07) is 9.91. The Kier molecular flexibility index (Phi) is 5.19. The molecule has 0 aliphatic rings. The van der Waals surface area contributed by atoms with Gasteiger partial charge in [0.1, 0.15) is 0 Å². The highest BCUT2D eigenvalue weighted by atomic mass is 79.9. The molecule has 21 heavy (non-hydrogen) atoms. The third-order valence-corrected chi connectivity index (χ3v) is 4.45. The summed E-state index contributed by atoms with van der Waals surface area (Å²) >= 11 is 3.51. The summed E-state index contributed by atoms with van der Waals surface area (Å²) < 4.78 is 2.77. The van der Waals surface area contributed by atoms with E-state index >= 15 is 0 Å². The zero-order valence-corrected chi connectivity index (χ0v) is 13.9. The monoisotopic (exact) mass is 352 g/mol. The lowest BCUT2D eigenvalue weighted by atomic mass is 9.78. The van der Waals surface area contributed by atoms with Crippen LogP contribution in [0.15, 0.2) is 41.0 Å². The molecule has 2 aromatic rings. The maximum absolute atomic E-state index is 9.92. The quantitative estimate of drug-likeness (QED) is 0.840. The summed E-state index contributed by atoms with van der Waals surface area (Å²) in [5, 5.41) is 24.4. The van der Waals surface area contributed by atoms with Gasteiger partial charge < -0.3 is 10.2 Å². The lowest BCUT2D eigenvalue weighted by Gasteiger charge is -2.30. The molecule has 2 N–H and O–H groups in total. The summed E-state index contributed by atoms with van der Waals surface area (Å²) in [5.74, 6) is 0. The van der Waals surface area contributed by atoms with Crippen LogP contribution in [0.25, 0.3) is 0 Å². The van der Waals surface area contributed by atoms with Gasteiger partial charge in [0.05, 0.1) is 18.9 Å². The fourth-order valence-corrected chi connectivity index (χ4v) is 3.13. The van der Waals surface area contributed by atoms with Gasteiger partial charge in [-0.1, -0.05) is 34.1 Å². The Bertz CT molecular complexity index is 591. The average Bonchev–Trinajstić information content (AvgIpc) is 2.94. The minimum Gasteiger partial charge on any atom is -0.395 e. The first kappa shape index (κ1) is 16.2. The number of aliphatic hydroxyl groups excluding tert-OH is 2. The molecule has 4 nitrogen and oxygen atoms in total. The van der Waals surface area contributed by atoms with Crippen molar-refractivity contribution in [1.29, 1.82) is 0 Å². The maximum atomic E-state index is 9.92. The molecular weight excluding hydrogens is 332 g/mol. The number of halogens is 1. The van der Waals surface area contributed by atoms with Crippen LogP contribution < -0.4 is 0 Å². The van der Waals surface area contributed by atoms with E-state index in [9.17, 15) is 10.2 Å². The van der Waals surface area contributed by atoms with E-state index in [0.717, 1.165) is 15.7 Å². The molecule has 0 spiro atoms. The molecule has 0 fully saturated rings. The molecule has 0 aliphatic carbocycles. The molecule has 0 amide bonds. The van der Waals surface area contributed by atoms with Crippen molar-refractivity contribution in [2.75, 3.05) is 13.2 Å². The van der Waals surface area contributed by atoms with Crippen molar-refractivity contribution < 1.29 is 10.2 Å². The van der Waals surface area contributed by atoms with Crippen LogP contribution in [0.4, 0.5) is 0 Å². The van der Waals surface area contributed by atoms with Gasteiger partial charge in [0.15, 0.2) is 0 Å². The normalized spacial score (nSPS) is 12.1. The molecule has 0 bridgehead atoms. The van der Waals surface area contributed by atoms with Crippen LogP contribution in [0.1, 0.15) is 31.1 Å². The molecule has 1 aromatic heterocycles. The predicted molar refractivity (Wildman–Crippen MR) is 86.3 cm³/mol. The molecular formula is C16H21BrN2O2. The minimum atomic E-state index is -0.740. The zero-order valence-electron chi connectivity index (χ0n) is 12.3. The van der Waals surface area contributed by atoms with E-state index in [4.69, 9.17) is 0 Å². The van der Waals surface area contributed by atoms with Crippen LogP contribution in [0.3, 0.4) is 0 Å². The van der Waals surface area contributed by atoms with Gasteiger partial charge in [-0.05, 0) is 31.5 Å². The molecule has 5 heteroatoms. The van der Waals surface area contributed by atoms with Gasteiger partial charge in [0, 0.05) is 28.5 Å². The van der Waals surface area contributed by atoms with Crippen LogP contribution in [-0.4, -0.2) is 33.2 Å². The summed E-state index contributed by atoms with van der Waals surface area (Å²) in [5.41, 5.74) is 1.02. The fourth-order valence-electron chi connectivity index (χ4n) is 2.42. The number of benzene rings is 1. The van der Waals surface area contributed by atoms with E-state index in [0.29, 0.717) is 12.5 Å². The molecule has 0 unspecified atom stereocenters. The fraction of sp³-hybridized carbons (Fsp3) is 0.438. The number of hydrogen-bond acceptors (Lipinski definition) is 3. The number of nitrogens with zero attached hydrogens (tertiary/aromatic N) is 2. The van der Waals surface area contributed by atoms with Crippen LogP contribution in [0.2, 0.25) is 0 Å². The highest BCUT2D eigenvalue weighted by Gasteiger charge is 2.34. The van der Waals surface area contributed by atoms with Gasteiger partial charge in [0.2, 0.25) is 0 Å². The van der Waals surface area contributed by atoms with Crippen molar-refractivity contribution in [2.45, 2.75) is 31.7 Å². The smallest absolute Gasteiger partial charge is 0.0635 e. The predicted octanol–water partition coefficient (Wildman–Crippen LogP) is 2.69. The largest absolute Gasteiger partial charge is 0.395 e. The molecule has 114 valence electrons. The van der Waals surface area contributed by atoms with E-state index in [1.165, 1.54) is 0 Å². The van der Waals surface area contributed by atoms with Crippen LogP contribution in [0.5, 0.6) is 0 Å². The molecule has 0 saturated heterocycles. The van der Waals surface area contributed by atoms with Gasteiger partial charge in [-0.25, -0.2) is 0 Å². The first-order valence-corrected chi connectivity index (χ1v) is 7.82. The van der Waals surface area contributed by atoms with Crippen molar-refractivity contribution in [3.8, 4) is 0 Å². The van der Waals surface area contributed by atoms with E-state index in [2.05, 4.69) is 34.9 Å². The lowest BCUT2D eigenvalue weighted by molar-refractivity contribution is 0.115. The van der Waals surface area contributed by atoms with Crippen molar-refractivity contribution in [1.82, 2.24) is 9.78 Å². The van der Waals surface area contributed by atoms with Gasteiger partial charge in [-0.2, -0.15) is 5.10 Å². The Morgan fingerprint density at radius 3 is 2.38 bits per heavy atom. The molecule has 2 rings (SSSR count). The first-order valence-electron chi connectivity index (χ1n) is 7.03. The molecule has 1 heterocycles. The van der Waals surface area contributed by atoms with E-state index < -0.39 is 5.41 Å². The van der Waals surface area contributed by atoms with Gasteiger partial charge in [-0.3, -0.25) is 4.68 Å². The molecule has 0 radical (unpaired) electrons. The van der Waals surface area contributed by atoms with E-state index in [1.54, 1.807) is 0 Å². The molecule has 0 saturated carbocycles. The highest BCUT2D eigenvalue weighted by Crippen LogP contribution is 2.33. The van der Waals surface area contributed by atoms with Crippen molar-refractivity contribution >= 4 is 15.9 Å². The Hall–Kier alpha value is -1.17. The second kappa shape index (κ2) is 6.73. The lowest BCUT2D eigenvalue weighted by Crippen LogP contribution is -2.37. The van der Waals surface area contributed by atoms with E-state index in [-0.39, 0.29) is 13.2 Å². The van der Waals surface area contributed by atoms with Gasteiger partial charge in [0.25, 0.3) is 0 Å². The highest BCUT2D eigenvalue weighted by molar-refractivity contribution is 9.10. The molecule has 1 aromatic carbocycles. The topological polar surface area (TPSA) is 58.3 Å². The zero-order chi connectivity index (χ0) is 15.5. The van der Waals surface area contributed by atoms with Crippen LogP contribution in [0, 0.1) is 0 Å². The SMILES string of the molecule is CC(C)n1ccc(CC(CO)(CO)c2ccccc2Br)n1. The Morgan fingerprint density at radius 2 is 1.86 bits per heavy atom. The standard InChI is InChI=1S/C16H21BrN2O2/c1-12(2)19-8-7-13(18-19)9-16(10-20,11-21)14-5-3-4-6-15(14)17/h3-8,12,20-21H,9-11H2,1-2H3. The van der Waals surface area contributed by atoms with Gasteiger partial charge >= 0.3 is 0 Å². The Balaban J connectivity index is 2.36. The van der Waals surface area contributed by atoms with Crippen molar-refractivity contribution in [3.63, 3.8) is 0 Å². The maximum Gasteiger partial charge on any atom is 0.0635 e. The minimum absolute atomic E-state index is 0.138. The Morgan fingerprint density at radius 1 is 1.19 bits per heavy atom.